The summed E-state index contributed by atoms with van der Waals surface area (Å²) < 4.78 is 2.08. The molecule has 1 unspecified atom stereocenters. The summed E-state index contributed by atoms with van der Waals surface area (Å²) >= 11 is 1.47. The van der Waals surface area contributed by atoms with Crippen LogP contribution in [0.25, 0.3) is 11.4 Å². The van der Waals surface area contributed by atoms with Crippen molar-refractivity contribution in [3.8, 4) is 11.4 Å². The minimum Gasteiger partial charge on any atom is -0.338 e. The molecule has 0 spiro atoms. The van der Waals surface area contributed by atoms with Gasteiger partial charge >= 0.3 is 0 Å². The zero-order valence-electron chi connectivity index (χ0n) is 17.5. The Hall–Kier alpha value is -2.60. The van der Waals surface area contributed by atoms with Crippen molar-refractivity contribution in [2.45, 2.75) is 51.2 Å². The van der Waals surface area contributed by atoms with Crippen molar-refractivity contribution in [2.75, 3.05) is 6.54 Å². The van der Waals surface area contributed by atoms with Gasteiger partial charge < -0.3 is 9.47 Å². The molecule has 29 heavy (non-hydrogen) atoms. The van der Waals surface area contributed by atoms with Crippen LogP contribution in [0.2, 0.25) is 0 Å². The van der Waals surface area contributed by atoms with E-state index < -0.39 is 0 Å². The number of thioether (sulfide) groups is 1. The molecule has 0 N–H and O–H groups in total. The lowest BCUT2D eigenvalue weighted by molar-refractivity contribution is -0.130. The first-order valence-corrected chi connectivity index (χ1v) is 10.9. The summed E-state index contributed by atoms with van der Waals surface area (Å²) in [5.74, 6) is 0.957. The SMILES string of the molecule is CCN(Cc1ccccc1)C(=O)C(C)Sc1nnc(-c2cccc(C)c2)n1CC. The Labute approximate surface area is 177 Å². The molecule has 3 rings (SSSR count). The van der Waals surface area contributed by atoms with E-state index in [1.54, 1.807) is 0 Å². The Bertz CT molecular complexity index is 955. The molecule has 1 amide bonds. The lowest BCUT2D eigenvalue weighted by atomic mass is 10.1. The number of rotatable bonds is 8. The number of amides is 1. The zero-order chi connectivity index (χ0) is 20.8. The average Bonchev–Trinajstić information content (AvgIpc) is 3.14. The number of hydrogen-bond donors (Lipinski definition) is 0. The Kier molecular flexibility index (Phi) is 7.09. The van der Waals surface area contributed by atoms with E-state index in [9.17, 15) is 4.79 Å². The quantitative estimate of drug-likeness (QED) is 0.502. The molecule has 0 radical (unpaired) electrons. The lowest BCUT2D eigenvalue weighted by Crippen LogP contribution is -2.36. The van der Waals surface area contributed by atoms with Crippen LogP contribution in [0, 0.1) is 6.92 Å². The fraction of sp³-hybridized carbons (Fsp3) is 0.348. The third kappa shape index (κ3) is 5.07. The summed E-state index contributed by atoms with van der Waals surface area (Å²) in [6.45, 7) is 10.2. The highest BCUT2D eigenvalue weighted by molar-refractivity contribution is 8.00. The van der Waals surface area contributed by atoms with Gasteiger partial charge in [-0.3, -0.25) is 4.79 Å². The number of aryl methyl sites for hydroxylation is 1. The smallest absolute Gasteiger partial charge is 0.236 e. The molecule has 0 fully saturated rings. The maximum atomic E-state index is 13.1. The first-order valence-electron chi connectivity index (χ1n) is 10.0. The molecule has 5 nitrogen and oxygen atoms in total. The Morgan fingerprint density at radius 2 is 1.86 bits per heavy atom. The van der Waals surface area contributed by atoms with Crippen LogP contribution in [-0.4, -0.2) is 37.4 Å². The second kappa shape index (κ2) is 9.74. The first kappa shape index (κ1) is 21.1. The molecular weight excluding hydrogens is 380 g/mol. The van der Waals surface area contributed by atoms with Gasteiger partial charge in [-0.2, -0.15) is 0 Å². The van der Waals surface area contributed by atoms with Gasteiger partial charge in [0.05, 0.1) is 5.25 Å². The molecule has 0 saturated carbocycles. The third-order valence-corrected chi connectivity index (χ3v) is 5.92. The molecule has 0 aliphatic heterocycles. The van der Waals surface area contributed by atoms with E-state index in [2.05, 4.69) is 52.9 Å². The van der Waals surface area contributed by atoms with E-state index in [4.69, 9.17) is 0 Å². The van der Waals surface area contributed by atoms with Gasteiger partial charge in [-0.1, -0.05) is 65.9 Å². The lowest BCUT2D eigenvalue weighted by Gasteiger charge is -2.24. The van der Waals surface area contributed by atoms with Crippen molar-refractivity contribution in [1.29, 1.82) is 0 Å². The van der Waals surface area contributed by atoms with E-state index in [1.807, 2.05) is 49.1 Å². The van der Waals surface area contributed by atoms with E-state index in [0.717, 1.165) is 28.7 Å². The fourth-order valence-corrected chi connectivity index (χ4v) is 4.27. The Morgan fingerprint density at radius 1 is 1.10 bits per heavy atom. The van der Waals surface area contributed by atoms with Crippen molar-refractivity contribution >= 4 is 17.7 Å². The maximum absolute atomic E-state index is 13.1. The van der Waals surface area contributed by atoms with Gasteiger partial charge in [-0.25, -0.2) is 0 Å². The van der Waals surface area contributed by atoms with E-state index in [1.165, 1.54) is 17.3 Å². The van der Waals surface area contributed by atoms with E-state index in [-0.39, 0.29) is 11.2 Å². The molecule has 0 saturated heterocycles. The number of benzene rings is 2. The predicted molar refractivity (Wildman–Crippen MR) is 119 cm³/mol. The van der Waals surface area contributed by atoms with Crippen molar-refractivity contribution < 1.29 is 4.79 Å². The number of carbonyl (C=O) groups is 1. The molecular formula is C23H28N4OS. The number of aromatic nitrogens is 3. The largest absolute Gasteiger partial charge is 0.338 e. The highest BCUT2D eigenvalue weighted by atomic mass is 32.2. The number of nitrogens with zero attached hydrogens (tertiary/aromatic N) is 4. The van der Waals surface area contributed by atoms with Crippen LogP contribution in [-0.2, 0) is 17.9 Å². The predicted octanol–water partition coefficient (Wildman–Crippen LogP) is 4.80. The second-order valence-corrected chi connectivity index (χ2v) is 8.33. The average molecular weight is 409 g/mol. The first-order chi connectivity index (χ1) is 14.0. The third-order valence-electron chi connectivity index (χ3n) is 4.85. The monoisotopic (exact) mass is 408 g/mol. The van der Waals surface area contributed by atoms with Crippen molar-refractivity contribution in [3.05, 3.63) is 65.7 Å². The molecule has 0 aliphatic carbocycles. The molecule has 1 aromatic heterocycles. The minimum absolute atomic E-state index is 0.115. The van der Waals surface area contributed by atoms with Crippen LogP contribution in [0.1, 0.15) is 31.9 Å². The van der Waals surface area contributed by atoms with Crippen LogP contribution >= 0.6 is 11.8 Å². The normalized spacial score (nSPS) is 12.0. The van der Waals surface area contributed by atoms with E-state index >= 15 is 0 Å². The van der Waals surface area contributed by atoms with Crippen molar-refractivity contribution in [3.63, 3.8) is 0 Å². The van der Waals surface area contributed by atoms with Crippen LogP contribution < -0.4 is 0 Å². The van der Waals surface area contributed by atoms with Gasteiger partial charge in [0.25, 0.3) is 0 Å². The second-order valence-electron chi connectivity index (χ2n) is 7.02. The topological polar surface area (TPSA) is 51.0 Å². The summed E-state index contributed by atoms with van der Waals surface area (Å²) in [7, 11) is 0. The van der Waals surface area contributed by atoms with Crippen LogP contribution in [0.15, 0.2) is 59.8 Å². The molecule has 0 bridgehead atoms. The van der Waals surface area contributed by atoms with Gasteiger partial charge in [-0.05, 0) is 39.3 Å². The summed E-state index contributed by atoms with van der Waals surface area (Å²) in [6, 6.07) is 18.3. The van der Waals surface area contributed by atoms with Gasteiger partial charge in [0.1, 0.15) is 0 Å². The zero-order valence-corrected chi connectivity index (χ0v) is 18.3. The molecule has 3 aromatic rings. The summed E-state index contributed by atoms with van der Waals surface area (Å²) in [5, 5.41) is 9.34. The summed E-state index contributed by atoms with van der Waals surface area (Å²) in [6.07, 6.45) is 0. The van der Waals surface area contributed by atoms with Gasteiger partial charge in [0, 0.05) is 25.2 Å². The number of hydrogen-bond acceptors (Lipinski definition) is 4. The van der Waals surface area contributed by atoms with Crippen LogP contribution in [0.3, 0.4) is 0 Å². The maximum Gasteiger partial charge on any atom is 0.236 e. The molecule has 6 heteroatoms. The Morgan fingerprint density at radius 3 is 2.52 bits per heavy atom. The van der Waals surface area contributed by atoms with Crippen molar-refractivity contribution in [1.82, 2.24) is 19.7 Å². The highest BCUT2D eigenvalue weighted by Crippen LogP contribution is 2.28. The Balaban J connectivity index is 1.75. The molecule has 0 aliphatic rings. The summed E-state index contributed by atoms with van der Waals surface area (Å²) in [4.78, 5) is 14.9. The van der Waals surface area contributed by atoms with Crippen LogP contribution in [0.5, 0.6) is 0 Å². The fourth-order valence-electron chi connectivity index (χ4n) is 3.27. The van der Waals surface area contributed by atoms with Crippen LogP contribution in [0.4, 0.5) is 0 Å². The standard InChI is InChI=1S/C23H28N4OS/c1-5-26(16-19-12-8-7-9-13-19)22(28)18(4)29-23-25-24-21(27(23)6-2)20-14-10-11-17(3)15-20/h7-15,18H,5-6,16H2,1-4H3. The van der Waals surface area contributed by atoms with Gasteiger partial charge in [-0.15, -0.1) is 10.2 Å². The minimum atomic E-state index is -0.237. The number of carbonyl (C=O) groups excluding carboxylic acids is 1. The molecule has 152 valence electrons. The molecule has 2 aromatic carbocycles. The molecule has 1 heterocycles. The summed E-state index contributed by atoms with van der Waals surface area (Å²) in [5.41, 5.74) is 3.37. The van der Waals surface area contributed by atoms with Crippen molar-refractivity contribution in [2.24, 2.45) is 0 Å². The molecule has 1 atom stereocenters. The van der Waals surface area contributed by atoms with E-state index in [0.29, 0.717) is 13.1 Å². The highest BCUT2D eigenvalue weighted by Gasteiger charge is 2.24. The van der Waals surface area contributed by atoms with Gasteiger partial charge in [0.15, 0.2) is 11.0 Å². The van der Waals surface area contributed by atoms with Gasteiger partial charge in [0.2, 0.25) is 5.91 Å².